The maximum atomic E-state index is 11.9. The Bertz CT molecular complexity index is 914. The first-order valence-electron chi connectivity index (χ1n) is 9.28. The van der Waals surface area contributed by atoms with E-state index in [1.165, 1.54) is 17.3 Å². The number of carbonyl (C=O) groups is 1. The lowest BCUT2D eigenvalue weighted by molar-refractivity contribution is -0.118. The van der Waals surface area contributed by atoms with Gasteiger partial charge < -0.3 is 14.5 Å². The molecule has 1 aromatic heterocycles. The zero-order valence-corrected chi connectivity index (χ0v) is 17.6. The Morgan fingerprint density at radius 2 is 1.86 bits per heavy atom. The lowest BCUT2D eigenvalue weighted by Crippen LogP contribution is -2.26. The topological polar surface area (TPSA) is 77.2 Å². The fraction of sp³-hybridized carbons (Fsp3) is 0.286. The van der Waals surface area contributed by atoms with Gasteiger partial charge in [0.25, 0.3) is 5.22 Å². The molecule has 0 unspecified atom stereocenters. The molecule has 0 radical (unpaired) electrons. The number of hydrogen-bond acceptors (Lipinski definition) is 6. The van der Waals surface area contributed by atoms with E-state index >= 15 is 0 Å². The first-order valence-corrected chi connectivity index (χ1v) is 10.6. The van der Waals surface area contributed by atoms with Crippen LogP contribution in [0.25, 0.3) is 11.5 Å². The fourth-order valence-corrected chi connectivity index (χ4v) is 3.15. The van der Waals surface area contributed by atoms with Gasteiger partial charge in [-0.05, 0) is 56.2 Å². The Kier molecular flexibility index (Phi) is 7.95. The van der Waals surface area contributed by atoms with Crippen LogP contribution in [0.5, 0.6) is 5.75 Å². The SMILES string of the molecule is Cc1ccc(OCCCCNC(=O)CSc2nnc(-c3ccc(Cl)cc3)o2)cc1. The van der Waals surface area contributed by atoms with Crippen molar-refractivity contribution in [2.24, 2.45) is 0 Å². The third kappa shape index (κ3) is 7.11. The predicted octanol–water partition coefficient (Wildman–Crippen LogP) is 4.77. The molecule has 29 heavy (non-hydrogen) atoms. The highest BCUT2D eigenvalue weighted by Crippen LogP contribution is 2.24. The summed E-state index contributed by atoms with van der Waals surface area (Å²) in [5.41, 5.74) is 1.99. The highest BCUT2D eigenvalue weighted by Gasteiger charge is 2.11. The number of ether oxygens (including phenoxy) is 1. The van der Waals surface area contributed by atoms with E-state index in [9.17, 15) is 4.79 Å². The van der Waals surface area contributed by atoms with Crippen molar-refractivity contribution in [3.05, 3.63) is 59.1 Å². The van der Waals surface area contributed by atoms with E-state index in [1.807, 2.05) is 31.2 Å². The van der Waals surface area contributed by atoms with Crippen LogP contribution in [0.1, 0.15) is 18.4 Å². The summed E-state index contributed by atoms with van der Waals surface area (Å²) in [5.74, 6) is 1.43. The van der Waals surface area contributed by atoms with Gasteiger partial charge in [0.15, 0.2) is 0 Å². The minimum absolute atomic E-state index is 0.0688. The predicted molar refractivity (Wildman–Crippen MR) is 114 cm³/mol. The molecule has 152 valence electrons. The van der Waals surface area contributed by atoms with Gasteiger partial charge in [0, 0.05) is 17.1 Å². The molecular formula is C21H22ClN3O3S. The van der Waals surface area contributed by atoms with Gasteiger partial charge in [-0.25, -0.2) is 0 Å². The number of unbranched alkanes of at least 4 members (excludes halogenated alkanes) is 1. The number of hydrogen-bond donors (Lipinski definition) is 1. The van der Waals surface area contributed by atoms with E-state index in [0.717, 1.165) is 24.2 Å². The normalized spacial score (nSPS) is 10.7. The number of halogens is 1. The molecule has 2 aromatic carbocycles. The van der Waals surface area contributed by atoms with Crippen LogP contribution >= 0.6 is 23.4 Å². The molecule has 8 heteroatoms. The minimum atomic E-state index is -0.0688. The number of nitrogens with zero attached hydrogens (tertiary/aromatic N) is 2. The van der Waals surface area contributed by atoms with Gasteiger partial charge >= 0.3 is 0 Å². The van der Waals surface area contributed by atoms with Gasteiger partial charge in [0.1, 0.15) is 5.75 Å². The number of aryl methyl sites for hydroxylation is 1. The summed E-state index contributed by atoms with van der Waals surface area (Å²) in [6.45, 7) is 3.28. The van der Waals surface area contributed by atoms with Crippen LogP contribution in [0.4, 0.5) is 0 Å². The van der Waals surface area contributed by atoms with Crippen molar-refractivity contribution in [1.29, 1.82) is 0 Å². The van der Waals surface area contributed by atoms with Gasteiger partial charge in [-0.15, -0.1) is 10.2 Å². The molecular weight excluding hydrogens is 410 g/mol. The van der Waals surface area contributed by atoms with E-state index in [-0.39, 0.29) is 11.7 Å². The molecule has 0 fully saturated rings. The van der Waals surface area contributed by atoms with Crippen LogP contribution < -0.4 is 10.1 Å². The van der Waals surface area contributed by atoms with Crippen molar-refractivity contribution in [1.82, 2.24) is 15.5 Å². The maximum absolute atomic E-state index is 11.9. The highest BCUT2D eigenvalue weighted by molar-refractivity contribution is 7.99. The monoisotopic (exact) mass is 431 g/mol. The van der Waals surface area contributed by atoms with Crippen LogP contribution in [0.15, 0.2) is 58.2 Å². The van der Waals surface area contributed by atoms with Gasteiger partial charge in [-0.1, -0.05) is 41.1 Å². The van der Waals surface area contributed by atoms with Crippen molar-refractivity contribution in [2.45, 2.75) is 25.0 Å². The van der Waals surface area contributed by atoms with Crippen LogP contribution in [-0.4, -0.2) is 35.0 Å². The third-order valence-corrected chi connectivity index (χ3v) is 5.08. The second-order valence-corrected chi connectivity index (χ2v) is 7.75. The lowest BCUT2D eigenvalue weighted by Gasteiger charge is -2.07. The second kappa shape index (κ2) is 10.9. The molecule has 0 aliphatic carbocycles. The summed E-state index contributed by atoms with van der Waals surface area (Å²) in [7, 11) is 0. The number of thioether (sulfide) groups is 1. The average molecular weight is 432 g/mol. The molecule has 1 heterocycles. The van der Waals surface area contributed by atoms with E-state index in [0.29, 0.717) is 29.3 Å². The van der Waals surface area contributed by atoms with E-state index in [2.05, 4.69) is 15.5 Å². The van der Waals surface area contributed by atoms with Crippen molar-refractivity contribution < 1.29 is 13.9 Å². The summed E-state index contributed by atoms with van der Waals surface area (Å²) in [4.78, 5) is 11.9. The van der Waals surface area contributed by atoms with E-state index in [1.54, 1.807) is 24.3 Å². The lowest BCUT2D eigenvalue weighted by atomic mass is 10.2. The number of benzene rings is 2. The molecule has 0 saturated carbocycles. The van der Waals surface area contributed by atoms with Gasteiger partial charge in [-0.2, -0.15) is 0 Å². The van der Waals surface area contributed by atoms with Crippen molar-refractivity contribution in [3.63, 3.8) is 0 Å². The largest absolute Gasteiger partial charge is 0.494 e. The van der Waals surface area contributed by atoms with Crippen molar-refractivity contribution in [2.75, 3.05) is 18.9 Å². The maximum Gasteiger partial charge on any atom is 0.277 e. The molecule has 0 aliphatic rings. The van der Waals surface area contributed by atoms with Crippen LogP contribution in [-0.2, 0) is 4.79 Å². The molecule has 0 atom stereocenters. The third-order valence-electron chi connectivity index (χ3n) is 4.01. The molecule has 1 N–H and O–H groups in total. The Labute approximate surface area is 179 Å². The van der Waals surface area contributed by atoms with Crippen LogP contribution in [0.2, 0.25) is 5.02 Å². The molecule has 1 amide bonds. The highest BCUT2D eigenvalue weighted by atomic mass is 35.5. The van der Waals surface area contributed by atoms with Crippen molar-refractivity contribution >= 4 is 29.3 Å². The first-order chi connectivity index (χ1) is 14.1. The zero-order chi connectivity index (χ0) is 20.5. The smallest absolute Gasteiger partial charge is 0.277 e. The first kappa shape index (κ1) is 21.2. The average Bonchev–Trinajstić information content (AvgIpc) is 3.20. The Hall–Kier alpha value is -2.51. The summed E-state index contributed by atoms with van der Waals surface area (Å²) in [5, 5.41) is 11.8. The molecule has 3 rings (SSSR count). The van der Waals surface area contributed by atoms with Crippen LogP contribution in [0.3, 0.4) is 0 Å². The van der Waals surface area contributed by atoms with Gasteiger partial charge in [0.05, 0.1) is 12.4 Å². The van der Waals surface area contributed by atoms with E-state index < -0.39 is 0 Å². The number of aromatic nitrogens is 2. The number of nitrogens with one attached hydrogen (secondary N) is 1. The zero-order valence-electron chi connectivity index (χ0n) is 16.1. The summed E-state index contributed by atoms with van der Waals surface area (Å²) >= 11 is 7.08. The quantitative estimate of drug-likeness (QED) is 0.368. The van der Waals surface area contributed by atoms with Crippen LogP contribution in [0, 0.1) is 6.92 Å². The molecule has 0 spiro atoms. The molecule has 0 aliphatic heterocycles. The Morgan fingerprint density at radius 1 is 1.10 bits per heavy atom. The molecule has 3 aromatic rings. The standard InChI is InChI=1S/C21H22ClN3O3S/c1-15-4-10-18(11-5-15)27-13-3-2-12-23-19(26)14-29-21-25-24-20(28-21)16-6-8-17(22)9-7-16/h4-11H,2-3,12-14H2,1H3,(H,23,26). The minimum Gasteiger partial charge on any atom is -0.494 e. The summed E-state index contributed by atoms with van der Waals surface area (Å²) in [6.07, 6.45) is 1.72. The number of amides is 1. The Morgan fingerprint density at radius 3 is 2.62 bits per heavy atom. The second-order valence-electron chi connectivity index (χ2n) is 6.39. The summed E-state index contributed by atoms with van der Waals surface area (Å²) < 4.78 is 11.2. The summed E-state index contributed by atoms with van der Waals surface area (Å²) in [6, 6.07) is 15.1. The van der Waals surface area contributed by atoms with Gasteiger partial charge in [-0.3, -0.25) is 4.79 Å². The van der Waals surface area contributed by atoms with Crippen molar-refractivity contribution in [3.8, 4) is 17.2 Å². The van der Waals surface area contributed by atoms with E-state index in [4.69, 9.17) is 20.8 Å². The number of carbonyl (C=O) groups excluding carboxylic acids is 1. The Balaban J connectivity index is 1.29. The molecule has 0 bridgehead atoms. The van der Waals surface area contributed by atoms with Gasteiger partial charge in [0.2, 0.25) is 11.8 Å². The number of rotatable bonds is 10. The molecule has 0 saturated heterocycles. The molecule has 6 nitrogen and oxygen atoms in total. The fourth-order valence-electron chi connectivity index (χ4n) is 2.43.